The van der Waals surface area contributed by atoms with E-state index in [0.29, 0.717) is 33.2 Å². The van der Waals surface area contributed by atoms with Crippen LogP contribution in [0.5, 0.6) is 5.75 Å². The van der Waals surface area contributed by atoms with E-state index < -0.39 is 11.9 Å². The Morgan fingerprint density at radius 2 is 2.03 bits per heavy atom. The van der Waals surface area contributed by atoms with E-state index in [-0.39, 0.29) is 31.5 Å². The molecule has 0 fully saturated rings. The Morgan fingerprint density at radius 3 is 2.69 bits per heavy atom. The van der Waals surface area contributed by atoms with Gasteiger partial charge in [-0.25, -0.2) is 9.37 Å². The number of pyridine rings is 1. The summed E-state index contributed by atoms with van der Waals surface area (Å²) >= 11 is 6.26. The molecule has 0 unspecified atom stereocenters. The zero-order valence-electron chi connectivity index (χ0n) is 20.5. The molecule has 1 amide bonds. The van der Waals surface area contributed by atoms with Gasteiger partial charge in [0.05, 0.1) is 16.8 Å². The van der Waals surface area contributed by atoms with E-state index in [2.05, 4.69) is 10.3 Å². The number of imidazole rings is 1. The summed E-state index contributed by atoms with van der Waals surface area (Å²) in [6.07, 6.45) is 4.23. The van der Waals surface area contributed by atoms with Gasteiger partial charge in [-0.1, -0.05) is 29.8 Å². The highest BCUT2D eigenvalue weighted by Crippen LogP contribution is 2.27. The Kier molecular flexibility index (Phi) is 7.91. The van der Waals surface area contributed by atoms with Crippen LogP contribution >= 0.6 is 11.6 Å². The minimum Gasteiger partial charge on any atom is -0.489 e. The summed E-state index contributed by atoms with van der Waals surface area (Å²) in [4.78, 5) is 17.5. The molecule has 2 heterocycles. The molecule has 0 bridgehead atoms. The molecular formula is C28H29ClFN3O3. The standard InChI is InChI=1S/C28H29ClFN3O3/c1-17(2)36-26-9-8-21(14-23(26)29)28(35)31-22(10-12-34)13-19-6-7-20(15-24(19)30)25-16-33-11-4-5-18(3)27(33)32-25/h4-9,11,14-17,22,34H,10,12-13H2,1-3H3,(H,31,35)/t22-/m1/s1. The summed E-state index contributed by atoms with van der Waals surface area (Å²) in [6, 6.07) is 13.2. The van der Waals surface area contributed by atoms with E-state index in [0.717, 1.165) is 11.2 Å². The van der Waals surface area contributed by atoms with Crippen LogP contribution in [0.1, 0.15) is 41.8 Å². The molecule has 1 atom stereocenters. The number of halogens is 2. The SMILES string of the molecule is Cc1cccn2cc(-c3ccc(C[C@@H](CCO)NC(=O)c4ccc(OC(C)C)c(Cl)c4)c(F)c3)nc12. The number of ether oxygens (including phenoxy) is 1. The maximum atomic E-state index is 15.1. The Hall–Kier alpha value is -3.42. The lowest BCUT2D eigenvalue weighted by molar-refractivity contribution is 0.0930. The van der Waals surface area contributed by atoms with Gasteiger partial charge < -0.3 is 19.6 Å². The Balaban J connectivity index is 1.49. The molecule has 8 heteroatoms. The number of aliphatic hydroxyl groups is 1. The smallest absolute Gasteiger partial charge is 0.251 e. The van der Waals surface area contributed by atoms with Crippen molar-refractivity contribution in [1.29, 1.82) is 0 Å². The van der Waals surface area contributed by atoms with Crippen LogP contribution in [0.15, 0.2) is 60.9 Å². The number of aromatic nitrogens is 2. The summed E-state index contributed by atoms with van der Waals surface area (Å²) in [6.45, 7) is 5.61. The molecule has 0 spiro atoms. The van der Waals surface area contributed by atoms with Crippen molar-refractivity contribution in [3.8, 4) is 17.0 Å². The average Bonchev–Trinajstić information content (AvgIpc) is 3.27. The van der Waals surface area contributed by atoms with Gasteiger partial charge in [0.15, 0.2) is 0 Å². The number of carbonyl (C=O) groups is 1. The largest absolute Gasteiger partial charge is 0.489 e. The van der Waals surface area contributed by atoms with Gasteiger partial charge in [0.2, 0.25) is 0 Å². The van der Waals surface area contributed by atoms with Crippen LogP contribution in [0.25, 0.3) is 16.9 Å². The van der Waals surface area contributed by atoms with Crippen LogP contribution in [0.3, 0.4) is 0 Å². The van der Waals surface area contributed by atoms with Gasteiger partial charge in [-0.2, -0.15) is 0 Å². The zero-order valence-corrected chi connectivity index (χ0v) is 21.2. The van der Waals surface area contributed by atoms with Gasteiger partial charge >= 0.3 is 0 Å². The molecule has 0 aliphatic heterocycles. The normalized spacial score (nSPS) is 12.2. The van der Waals surface area contributed by atoms with Crippen LogP contribution in [0.2, 0.25) is 5.02 Å². The first-order valence-electron chi connectivity index (χ1n) is 11.9. The number of nitrogens with one attached hydrogen (secondary N) is 1. The number of aryl methyl sites for hydroxylation is 1. The van der Waals surface area contributed by atoms with Gasteiger partial charge in [-0.05, 0) is 75.1 Å². The first kappa shape index (κ1) is 25.7. The van der Waals surface area contributed by atoms with Crippen LogP contribution in [-0.4, -0.2) is 39.2 Å². The second-order valence-corrected chi connectivity index (χ2v) is 9.46. The van der Waals surface area contributed by atoms with Gasteiger partial charge in [0, 0.05) is 36.2 Å². The van der Waals surface area contributed by atoms with E-state index >= 15 is 4.39 Å². The highest BCUT2D eigenvalue weighted by molar-refractivity contribution is 6.32. The second kappa shape index (κ2) is 11.1. The Bertz CT molecular complexity index is 1390. The van der Waals surface area contributed by atoms with Gasteiger partial charge in [-0.15, -0.1) is 0 Å². The zero-order chi connectivity index (χ0) is 25.8. The predicted molar refractivity (Wildman–Crippen MR) is 139 cm³/mol. The lowest BCUT2D eigenvalue weighted by Crippen LogP contribution is -2.37. The first-order chi connectivity index (χ1) is 17.2. The van der Waals surface area contributed by atoms with Crippen LogP contribution in [-0.2, 0) is 6.42 Å². The number of aliphatic hydroxyl groups excluding tert-OH is 1. The molecule has 36 heavy (non-hydrogen) atoms. The van der Waals surface area contributed by atoms with Crippen molar-refractivity contribution in [3.05, 3.63) is 88.5 Å². The molecule has 0 aliphatic rings. The molecule has 2 aromatic carbocycles. The van der Waals surface area contributed by atoms with E-state index in [9.17, 15) is 9.90 Å². The van der Waals surface area contributed by atoms with Crippen LogP contribution in [0.4, 0.5) is 4.39 Å². The maximum absolute atomic E-state index is 15.1. The molecule has 6 nitrogen and oxygen atoms in total. The van der Waals surface area contributed by atoms with Gasteiger partial charge in [0.25, 0.3) is 5.91 Å². The molecule has 4 rings (SSSR count). The summed E-state index contributed by atoms with van der Waals surface area (Å²) in [5.74, 6) is -0.252. The summed E-state index contributed by atoms with van der Waals surface area (Å²) < 4.78 is 22.6. The van der Waals surface area contributed by atoms with E-state index in [1.807, 2.05) is 55.8 Å². The maximum Gasteiger partial charge on any atom is 0.251 e. The fraction of sp³-hybridized carbons (Fsp3) is 0.286. The summed E-state index contributed by atoms with van der Waals surface area (Å²) in [5.41, 5.74) is 4.00. The number of carbonyl (C=O) groups excluding carboxylic acids is 1. The molecule has 0 aliphatic carbocycles. The summed E-state index contributed by atoms with van der Waals surface area (Å²) in [7, 11) is 0. The lowest BCUT2D eigenvalue weighted by Gasteiger charge is -2.19. The van der Waals surface area contributed by atoms with E-state index in [1.165, 1.54) is 12.1 Å². The minimum atomic E-state index is -0.467. The third-order valence-corrected chi connectivity index (χ3v) is 6.16. The number of hydrogen-bond donors (Lipinski definition) is 2. The third kappa shape index (κ3) is 5.86. The highest BCUT2D eigenvalue weighted by atomic mass is 35.5. The number of amides is 1. The molecule has 0 radical (unpaired) electrons. The van der Waals surface area contributed by atoms with Crippen molar-refractivity contribution in [2.75, 3.05) is 6.61 Å². The van der Waals surface area contributed by atoms with E-state index in [4.69, 9.17) is 16.3 Å². The lowest BCUT2D eigenvalue weighted by atomic mass is 10.00. The average molecular weight is 510 g/mol. The molecule has 0 saturated carbocycles. The van der Waals surface area contributed by atoms with Crippen molar-refractivity contribution in [2.24, 2.45) is 0 Å². The predicted octanol–water partition coefficient (Wildman–Crippen LogP) is 5.61. The van der Waals surface area contributed by atoms with Crippen molar-refractivity contribution >= 4 is 23.2 Å². The first-order valence-corrected chi connectivity index (χ1v) is 12.2. The number of rotatable bonds is 9. The quantitative estimate of drug-likeness (QED) is 0.307. The number of fused-ring (bicyclic) bond motifs is 1. The Labute approximate surface area is 214 Å². The number of nitrogens with zero attached hydrogens (tertiary/aromatic N) is 2. The van der Waals surface area contributed by atoms with Crippen LogP contribution < -0.4 is 10.1 Å². The van der Waals surface area contributed by atoms with Crippen molar-refractivity contribution in [3.63, 3.8) is 0 Å². The fourth-order valence-corrected chi connectivity index (χ4v) is 4.30. The molecule has 4 aromatic rings. The Morgan fingerprint density at radius 1 is 1.22 bits per heavy atom. The molecule has 2 aromatic heterocycles. The molecule has 188 valence electrons. The molecule has 2 N–H and O–H groups in total. The van der Waals surface area contributed by atoms with Gasteiger partial charge in [-0.3, -0.25) is 4.79 Å². The third-order valence-electron chi connectivity index (χ3n) is 5.86. The van der Waals surface area contributed by atoms with Crippen molar-refractivity contribution < 1.29 is 19.0 Å². The molecule has 0 saturated heterocycles. The van der Waals surface area contributed by atoms with E-state index in [1.54, 1.807) is 18.2 Å². The van der Waals surface area contributed by atoms with Crippen molar-refractivity contribution in [2.45, 2.75) is 45.8 Å². The second-order valence-electron chi connectivity index (χ2n) is 9.05. The highest BCUT2D eigenvalue weighted by Gasteiger charge is 2.18. The summed E-state index contributed by atoms with van der Waals surface area (Å²) in [5, 5.41) is 12.7. The minimum absolute atomic E-state index is 0.0470. The fourth-order valence-electron chi connectivity index (χ4n) is 4.07. The topological polar surface area (TPSA) is 75.9 Å². The van der Waals surface area contributed by atoms with Gasteiger partial charge in [0.1, 0.15) is 17.2 Å². The monoisotopic (exact) mass is 509 g/mol. The number of benzene rings is 2. The number of hydrogen-bond acceptors (Lipinski definition) is 4. The molecular weight excluding hydrogens is 481 g/mol. The van der Waals surface area contributed by atoms with Crippen LogP contribution in [0, 0.1) is 12.7 Å². The van der Waals surface area contributed by atoms with Crippen molar-refractivity contribution in [1.82, 2.24) is 14.7 Å².